The molecule has 0 unspecified atom stereocenters. The van der Waals surface area contributed by atoms with Crippen LogP contribution in [0.15, 0.2) is 40.9 Å². The Bertz CT molecular complexity index is 942. The molecule has 0 N–H and O–H groups in total. The van der Waals surface area contributed by atoms with Gasteiger partial charge in [0.25, 0.3) is 5.91 Å². The number of benzene rings is 2. The minimum Gasteiger partial charge on any atom is -0.339 e. The molecule has 4 nitrogen and oxygen atoms in total. The van der Waals surface area contributed by atoms with Gasteiger partial charge in [-0.3, -0.25) is 14.6 Å². The topological polar surface area (TPSA) is 26.8 Å². The van der Waals surface area contributed by atoms with Crippen LogP contribution in [0.1, 0.15) is 15.9 Å². The molecule has 26 heavy (non-hydrogen) atoms. The number of para-hydroxylation sites is 1. The second kappa shape index (κ2) is 6.79. The van der Waals surface area contributed by atoms with Gasteiger partial charge in [-0.05, 0) is 50.3 Å². The van der Waals surface area contributed by atoms with Crippen molar-refractivity contribution in [2.24, 2.45) is 0 Å². The molecule has 0 bridgehead atoms. The van der Waals surface area contributed by atoms with Crippen molar-refractivity contribution in [1.82, 2.24) is 4.90 Å². The van der Waals surface area contributed by atoms with Crippen LogP contribution in [0.2, 0.25) is 0 Å². The van der Waals surface area contributed by atoms with Gasteiger partial charge in [0.05, 0.1) is 35.7 Å². The summed E-state index contributed by atoms with van der Waals surface area (Å²) in [5.74, 6) is 6.32. The van der Waals surface area contributed by atoms with Crippen LogP contribution in [0, 0.1) is 11.8 Å². The van der Waals surface area contributed by atoms with Crippen LogP contribution in [-0.4, -0.2) is 44.5 Å². The van der Waals surface area contributed by atoms with Gasteiger partial charge in [0, 0.05) is 11.0 Å². The Morgan fingerprint density at radius 3 is 2.81 bits per heavy atom. The van der Waals surface area contributed by atoms with Crippen molar-refractivity contribution in [1.29, 1.82) is 0 Å². The smallest absolute Gasteiger partial charge is 0.261 e. The highest BCUT2D eigenvalue weighted by Crippen LogP contribution is 2.45. The maximum absolute atomic E-state index is 13.4. The van der Waals surface area contributed by atoms with Gasteiger partial charge in [0.15, 0.2) is 0 Å². The van der Waals surface area contributed by atoms with Crippen LogP contribution in [-0.2, 0) is 6.42 Å². The lowest BCUT2D eigenvalue weighted by Crippen LogP contribution is -2.31. The summed E-state index contributed by atoms with van der Waals surface area (Å²) < 4.78 is 0.959. The number of nitrogens with zero attached hydrogens (tertiary/aromatic N) is 3. The first-order chi connectivity index (χ1) is 12.6. The lowest BCUT2D eigenvalue weighted by Gasteiger charge is -2.24. The van der Waals surface area contributed by atoms with Crippen LogP contribution in [0.4, 0.5) is 17.1 Å². The highest BCUT2D eigenvalue weighted by Gasteiger charge is 2.34. The number of carbonyl (C=O) groups excluding carboxylic acids is 1. The summed E-state index contributed by atoms with van der Waals surface area (Å²) in [6, 6.07) is 12.2. The predicted octanol–water partition coefficient (Wildman–Crippen LogP) is 3.67. The van der Waals surface area contributed by atoms with Gasteiger partial charge in [0.2, 0.25) is 0 Å². The largest absolute Gasteiger partial charge is 0.339 e. The zero-order valence-corrected chi connectivity index (χ0v) is 16.5. The molecule has 0 aromatic heterocycles. The first-order valence-electron chi connectivity index (χ1n) is 8.67. The maximum atomic E-state index is 13.4. The van der Waals surface area contributed by atoms with E-state index in [2.05, 4.69) is 44.8 Å². The fourth-order valence-electron chi connectivity index (χ4n) is 3.57. The van der Waals surface area contributed by atoms with E-state index in [0.717, 1.165) is 40.1 Å². The second-order valence-electron chi connectivity index (χ2n) is 6.83. The van der Waals surface area contributed by atoms with Crippen LogP contribution in [0.25, 0.3) is 0 Å². The van der Waals surface area contributed by atoms with E-state index in [9.17, 15) is 4.79 Å². The molecule has 0 spiro atoms. The average Bonchev–Trinajstić information content (AvgIpc) is 3.01. The Kier molecular flexibility index (Phi) is 4.47. The number of rotatable bonds is 2. The number of hydrogen-bond acceptors (Lipinski definition) is 3. The molecule has 2 aromatic carbocycles. The first kappa shape index (κ1) is 17.1. The summed E-state index contributed by atoms with van der Waals surface area (Å²) in [6.07, 6.45) is 0.967. The fraction of sp³-hybridized carbons (Fsp3) is 0.286. The van der Waals surface area contributed by atoms with E-state index in [1.54, 1.807) is 4.90 Å². The van der Waals surface area contributed by atoms with Crippen molar-refractivity contribution in [2.45, 2.75) is 6.42 Å². The highest BCUT2D eigenvalue weighted by molar-refractivity contribution is 9.10. The summed E-state index contributed by atoms with van der Waals surface area (Å²) in [5, 5.41) is 0. The zero-order chi connectivity index (χ0) is 18.3. The van der Waals surface area contributed by atoms with Gasteiger partial charge in [-0.2, -0.15) is 0 Å². The summed E-state index contributed by atoms with van der Waals surface area (Å²) in [6.45, 7) is 1.96. The lowest BCUT2D eigenvalue weighted by atomic mass is 10.1. The van der Waals surface area contributed by atoms with Crippen molar-refractivity contribution in [3.05, 3.63) is 52.0 Å². The van der Waals surface area contributed by atoms with E-state index in [-0.39, 0.29) is 5.91 Å². The van der Waals surface area contributed by atoms with E-state index in [1.165, 1.54) is 5.56 Å². The SMILES string of the molecule is CN(C)CC#CCN1C(=O)c2cccc3c2N(CC3)c2ccc(Br)cc21. The average molecular weight is 410 g/mol. The predicted molar refractivity (Wildman–Crippen MR) is 109 cm³/mol. The number of anilines is 3. The molecule has 0 fully saturated rings. The van der Waals surface area contributed by atoms with E-state index in [1.807, 2.05) is 43.3 Å². The van der Waals surface area contributed by atoms with Crippen molar-refractivity contribution < 1.29 is 4.79 Å². The Morgan fingerprint density at radius 1 is 1.15 bits per heavy atom. The summed E-state index contributed by atoms with van der Waals surface area (Å²) >= 11 is 3.56. The van der Waals surface area contributed by atoms with Crippen molar-refractivity contribution in [3.63, 3.8) is 0 Å². The molecule has 0 saturated carbocycles. The molecule has 2 aliphatic heterocycles. The minimum absolute atomic E-state index is 0.0183. The molecule has 2 aromatic rings. The van der Waals surface area contributed by atoms with Gasteiger partial charge in [-0.25, -0.2) is 0 Å². The quantitative estimate of drug-likeness (QED) is 0.707. The number of carbonyl (C=O) groups is 1. The summed E-state index contributed by atoms with van der Waals surface area (Å²) in [7, 11) is 3.97. The van der Waals surface area contributed by atoms with Gasteiger partial charge >= 0.3 is 0 Å². The Balaban J connectivity index is 1.83. The molecule has 4 rings (SSSR count). The van der Waals surface area contributed by atoms with Gasteiger partial charge in [0.1, 0.15) is 0 Å². The number of amides is 1. The van der Waals surface area contributed by atoms with Gasteiger partial charge in [-0.1, -0.05) is 39.9 Å². The molecular weight excluding hydrogens is 390 g/mol. The molecule has 0 saturated heterocycles. The van der Waals surface area contributed by atoms with Crippen LogP contribution < -0.4 is 9.80 Å². The Hall–Kier alpha value is -2.29. The Morgan fingerprint density at radius 2 is 2.00 bits per heavy atom. The van der Waals surface area contributed by atoms with Crippen LogP contribution in [0.3, 0.4) is 0 Å². The molecule has 2 heterocycles. The summed E-state index contributed by atoms with van der Waals surface area (Å²) in [4.78, 5) is 19.5. The van der Waals surface area contributed by atoms with E-state index in [4.69, 9.17) is 0 Å². The molecule has 0 atom stereocenters. The fourth-order valence-corrected chi connectivity index (χ4v) is 3.92. The molecular formula is C21H20BrN3O. The van der Waals surface area contributed by atoms with E-state index >= 15 is 0 Å². The monoisotopic (exact) mass is 409 g/mol. The highest BCUT2D eigenvalue weighted by atomic mass is 79.9. The Labute approximate surface area is 162 Å². The lowest BCUT2D eigenvalue weighted by molar-refractivity contribution is 0.0991. The third-order valence-corrected chi connectivity index (χ3v) is 5.24. The molecule has 0 aliphatic carbocycles. The normalized spacial score (nSPS) is 14.7. The summed E-state index contributed by atoms with van der Waals surface area (Å²) in [5.41, 5.74) is 5.05. The van der Waals surface area contributed by atoms with Gasteiger partial charge < -0.3 is 4.90 Å². The molecule has 5 heteroatoms. The molecule has 0 radical (unpaired) electrons. The van der Waals surface area contributed by atoms with Crippen molar-refractivity contribution in [2.75, 3.05) is 43.5 Å². The van der Waals surface area contributed by atoms with E-state index in [0.29, 0.717) is 13.1 Å². The standard InChI is InChI=1S/C21H20BrN3O/c1-23(2)11-3-4-12-25-19-14-16(22)8-9-18(19)24-13-10-15-6-5-7-17(20(15)24)21(25)26/h5-9,14H,10-13H2,1-2H3. The van der Waals surface area contributed by atoms with E-state index < -0.39 is 0 Å². The second-order valence-corrected chi connectivity index (χ2v) is 7.75. The third-order valence-electron chi connectivity index (χ3n) is 4.75. The number of halogens is 1. The van der Waals surface area contributed by atoms with Gasteiger partial charge in [-0.15, -0.1) is 0 Å². The number of hydrogen-bond donors (Lipinski definition) is 0. The van der Waals surface area contributed by atoms with Crippen molar-refractivity contribution in [3.8, 4) is 11.8 Å². The van der Waals surface area contributed by atoms with Crippen LogP contribution in [0.5, 0.6) is 0 Å². The molecule has 2 aliphatic rings. The third kappa shape index (κ3) is 2.90. The molecule has 132 valence electrons. The number of fused-ring (bicyclic) bond motifs is 2. The van der Waals surface area contributed by atoms with Crippen LogP contribution >= 0.6 is 15.9 Å². The minimum atomic E-state index is 0.0183. The van der Waals surface area contributed by atoms with Crippen molar-refractivity contribution >= 4 is 38.9 Å². The maximum Gasteiger partial charge on any atom is 0.261 e. The zero-order valence-electron chi connectivity index (χ0n) is 14.9. The first-order valence-corrected chi connectivity index (χ1v) is 9.47. The molecule has 1 amide bonds.